The van der Waals surface area contributed by atoms with Gasteiger partial charge in [-0.1, -0.05) is 68.5 Å². The molecule has 0 unspecified atom stereocenters. The van der Waals surface area contributed by atoms with Gasteiger partial charge in [-0.3, -0.25) is 9.28 Å². The molecule has 6 rings (SSSR count). The third-order valence-corrected chi connectivity index (χ3v) is 8.92. The molecule has 2 aromatic carbocycles. The fraction of sp³-hybridized carbons (Fsp3) is 0.294. The van der Waals surface area contributed by atoms with Gasteiger partial charge < -0.3 is 20.8 Å². The van der Waals surface area contributed by atoms with Crippen LogP contribution in [0.15, 0.2) is 90.4 Å². The van der Waals surface area contributed by atoms with E-state index in [0.717, 1.165) is 46.3 Å². The lowest BCUT2D eigenvalue weighted by Gasteiger charge is -2.23. The Hall–Kier alpha value is -4.21. The van der Waals surface area contributed by atoms with Crippen LogP contribution in [0.25, 0.3) is 5.57 Å². The first-order chi connectivity index (χ1) is 21.4. The van der Waals surface area contributed by atoms with Crippen LogP contribution in [0.3, 0.4) is 0 Å². The van der Waals surface area contributed by atoms with Crippen LogP contribution >= 0.6 is 11.6 Å². The number of fused-ring (bicyclic) bond motifs is 2. The number of carbonyl (C=O) groups excluding carboxylic acids is 1. The minimum Gasteiger partial charge on any atom is -0.399 e. The molecule has 0 bridgehead atoms. The lowest BCUT2D eigenvalue weighted by molar-refractivity contribution is -0.319. The molecule has 1 fully saturated rings. The molecule has 2 aliphatic heterocycles. The van der Waals surface area contributed by atoms with Gasteiger partial charge in [0.1, 0.15) is 17.8 Å². The van der Waals surface area contributed by atoms with Crippen molar-refractivity contribution in [3.05, 3.63) is 113 Å². The number of hydrazine groups is 1. The quantitative estimate of drug-likeness (QED) is 0.109. The zero-order chi connectivity index (χ0) is 30.6. The van der Waals surface area contributed by atoms with E-state index in [1.165, 1.54) is 43.2 Å². The fourth-order valence-corrected chi connectivity index (χ4v) is 6.43. The summed E-state index contributed by atoms with van der Waals surface area (Å²) in [6.45, 7) is 2.83. The predicted molar refractivity (Wildman–Crippen MR) is 180 cm³/mol. The molecule has 44 heavy (non-hydrogen) atoms. The number of carbonyl (C=O) groups is 1. The summed E-state index contributed by atoms with van der Waals surface area (Å²) in [5, 5.41) is 8.09. The Morgan fingerprint density at radius 2 is 1.86 bits per heavy atom. The van der Waals surface area contributed by atoms with E-state index in [0.29, 0.717) is 18.2 Å². The zero-order valence-corrected chi connectivity index (χ0v) is 25.9. The summed E-state index contributed by atoms with van der Waals surface area (Å²) in [7, 11) is 2.07. The van der Waals surface area contributed by atoms with Crippen molar-refractivity contribution >= 4 is 48.0 Å². The normalized spacial score (nSPS) is 16.5. The molecule has 10 heteroatoms. The molecule has 3 heterocycles. The lowest BCUT2D eigenvalue weighted by Crippen LogP contribution is -2.41. The molecule has 1 amide bonds. The average Bonchev–Trinajstić information content (AvgIpc) is 3.64. The fourth-order valence-electron chi connectivity index (χ4n) is 6.37. The Kier molecular flexibility index (Phi) is 8.95. The van der Waals surface area contributed by atoms with Gasteiger partial charge in [-0.25, -0.2) is 0 Å². The second-order valence-electron chi connectivity index (χ2n) is 11.8. The number of benzene rings is 2. The maximum Gasteiger partial charge on any atom is 0.553 e. The van der Waals surface area contributed by atoms with E-state index in [1.807, 2.05) is 36.5 Å². The molecule has 0 saturated heterocycles. The molecule has 0 spiro atoms. The summed E-state index contributed by atoms with van der Waals surface area (Å²) < 4.78 is 4.27. The highest BCUT2D eigenvalue weighted by Crippen LogP contribution is 2.36. The van der Waals surface area contributed by atoms with E-state index in [4.69, 9.17) is 23.2 Å². The van der Waals surface area contributed by atoms with E-state index >= 15 is 0 Å². The van der Waals surface area contributed by atoms with Crippen LogP contribution in [0.5, 0.6) is 0 Å². The summed E-state index contributed by atoms with van der Waals surface area (Å²) >= 11 is 5.69. The summed E-state index contributed by atoms with van der Waals surface area (Å²) in [5.41, 5.74) is 14.6. The van der Waals surface area contributed by atoms with Crippen LogP contribution in [-0.4, -0.2) is 39.1 Å². The van der Waals surface area contributed by atoms with Crippen molar-refractivity contribution in [2.75, 3.05) is 16.5 Å². The summed E-state index contributed by atoms with van der Waals surface area (Å²) in [5.74, 6) is 8.73. The molecule has 8 nitrogen and oxygen atoms in total. The van der Waals surface area contributed by atoms with Crippen molar-refractivity contribution in [2.45, 2.75) is 52.0 Å². The highest BCUT2D eigenvalue weighted by atomic mass is 35.5. The Morgan fingerprint density at radius 1 is 1.09 bits per heavy atom. The van der Waals surface area contributed by atoms with Crippen LogP contribution in [0, 0.1) is 12.8 Å². The first-order valence-electron chi connectivity index (χ1n) is 15.3. The second-order valence-corrected chi connectivity index (χ2v) is 12.0. The van der Waals surface area contributed by atoms with Crippen LogP contribution in [0.4, 0.5) is 11.5 Å². The first-order valence-corrected chi connectivity index (χ1v) is 15.8. The second kappa shape index (κ2) is 13.2. The monoisotopic (exact) mass is 607 g/mol. The standard InChI is InChI=1S/C34H39BClN7O/c1-23-7-5-6-10-26(23)21-39-31-17-15-29-34(25-11-13-28(14-12-25)40-32(44)20-36)30-16-18-33(43(30)35-42(29)31)41(38)22-27(37)19-24-8-3-2-4-9-24/h5-7,10-18,22,24,39H,2-4,8-9,19-21,37-38H2,1H3,(H,40,44)/q+1. The predicted octanol–water partition coefficient (Wildman–Crippen LogP) is 5.67. The van der Waals surface area contributed by atoms with Crippen molar-refractivity contribution in [3.8, 4) is 0 Å². The van der Waals surface area contributed by atoms with Gasteiger partial charge in [0.05, 0.1) is 11.5 Å². The van der Waals surface area contributed by atoms with Crippen molar-refractivity contribution in [3.63, 3.8) is 0 Å². The third kappa shape index (κ3) is 6.35. The van der Waals surface area contributed by atoms with Crippen molar-refractivity contribution in [1.29, 1.82) is 0 Å². The number of amidine groups is 1. The maximum atomic E-state index is 11.8. The maximum absolute atomic E-state index is 11.8. The number of hydrogen-bond donors (Lipinski definition) is 4. The van der Waals surface area contributed by atoms with Gasteiger partial charge in [0, 0.05) is 29.6 Å². The van der Waals surface area contributed by atoms with Crippen molar-refractivity contribution in [2.24, 2.45) is 17.5 Å². The van der Waals surface area contributed by atoms with Crippen LogP contribution in [0.2, 0.25) is 0 Å². The first kappa shape index (κ1) is 29.8. The number of alkyl halides is 1. The molecule has 6 N–H and O–H groups in total. The van der Waals surface area contributed by atoms with E-state index in [9.17, 15) is 4.79 Å². The number of hydrogen-bond acceptors (Lipinski definition) is 5. The number of amides is 1. The molecule has 1 saturated carbocycles. The molecule has 0 atom stereocenters. The van der Waals surface area contributed by atoms with Crippen molar-refractivity contribution < 1.29 is 9.28 Å². The van der Waals surface area contributed by atoms with E-state index in [2.05, 4.69) is 76.5 Å². The SMILES string of the molecule is Cc1ccccc1CNc1ccc2n1[B][N+]1=C(N(N)C=C(N)CC3CCCCC3)C=CC1=C2c1ccc(NC(=O)CCl)cc1. The van der Waals surface area contributed by atoms with Crippen LogP contribution in [0.1, 0.15) is 60.9 Å². The molecular weight excluding hydrogens is 569 g/mol. The number of aromatic nitrogens is 1. The van der Waals surface area contributed by atoms with Crippen LogP contribution in [-0.2, 0) is 11.3 Å². The van der Waals surface area contributed by atoms with E-state index < -0.39 is 0 Å². The zero-order valence-electron chi connectivity index (χ0n) is 25.1. The average molecular weight is 608 g/mol. The topological polar surface area (TPSA) is 104 Å². The molecule has 225 valence electrons. The van der Waals surface area contributed by atoms with E-state index in [1.54, 1.807) is 5.01 Å². The number of nitrogens with zero attached hydrogens (tertiary/aromatic N) is 3. The van der Waals surface area contributed by atoms with Gasteiger partial charge in [-0.2, -0.15) is 10.9 Å². The Balaban J connectivity index is 1.35. The number of nitrogens with one attached hydrogen (secondary N) is 2. The van der Waals surface area contributed by atoms with Gasteiger partial charge in [0.2, 0.25) is 5.91 Å². The molecule has 3 aliphatic rings. The largest absolute Gasteiger partial charge is 0.553 e. The highest BCUT2D eigenvalue weighted by Gasteiger charge is 2.36. The van der Waals surface area contributed by atoms with Gasteiger partial charge in [-0.15, -0.1) is 11.6 Å². The Labute approximate surface area is 265 Å². The van der Waals surface area contributed by atoms with Crippen molar-refractivity contribution in [1.82, 2.24) is 9.49 Å². The number of nitrogens with two attached hydrogens (primary N) is 2. The van der Waals surface area contributed by atoms with Gasteiger partial charge in [0.15, 0.2) is 0 Å². The Morgan fingerprint density at radius 3 is 2.61 bits per heavy atom. The lowest BCUT2D eigenvalue weighted by atomic mass is 9.86. The number of anilines is 2. The molecular formula is C34H39BClN7O+. The minimum absolute atomic E-state index is 0.0910. The van der Waals surface area contributed by atoms with Crippen LogP contribution < -0.4 is 22.2 Å². The number of aryl methyl sites for hydroxylation is 1. The Bertz CT molecular complexity index is 1660. The highest BCUT2D eigenvalue weighted by molar-refractivity contribution is 6.30. The molecule has 3 aromatic rings. The molecule has 1 radical (unpaired) electrons. The number of allylic oxidation sites excluding steroid dienone is 2. The third-order valence-electron chi connectivity index (χ3n) is 8.68. The van der Waals surface area contributed by atoms with Gasteiger partial charge >= 0.3 is 7.55 Å². The summed E-state index contributed by atoms with van der Waals surface area (Å²) in [6.07, 6.45) is 13.2. The smallest absolute Gasteiger partial charge is 0.399 e. The summed E-state index contributed by atoms with van der Waals surface area (Å²) in [4.78, 5) is 11.8. The number of halogens is 1. The molecule has 1 aromatic heterocycles. The summed E-state index contributed by atoms with van der Waals surface area (Å²) in [6, 6.07) is 20.5. The van der Waals surface area contributed by atoms with Gasteiger partial charge in [0.25, 0.3) is 5.84 Å². The van der Waals surface area contributed by atoms with E-state index in [-0.39, 0.29) is 11.8 Å². The number of rotatable bonds is 9. The minimum atomic E-state index is -0.241. The molecule has 1 aliphatic carbocycles. The van der Waals surface area contributed by atoms with Gasteiger partial charge in [-0.05, 0) is 66.3 Å².